The summed E-state index contributed by atoms with van der Waals surface area (Å²) in [7, 11) is -1.86. The molecule has 0 aliphatic heterocycles. The molecule has 112 valence electrons. The van der Waals surface area contributed by atoms with Crippen LogP contribution in [0, 0.1) is 20.2 Å². The molecule has 0 aromatic heterocycles. The van der Waals surface area contributed by atoms with Gasteiger partial charge >= 0.3 is 7.15 Å². The highest BCUT2D eigenvalue weighted by Gasteiger charge is 2.21. The number of hydrogen-bond donors (Lipinski definition) is 0. The maximum Gasteiger partial charge on any atom is 0.626 e. The first-order valence-electron chi connectivity index (χ1n) is 5.78. The van der Waals surface area contributed by atoms with Gasteiger partial charge < -0.3 is 0 Å². The predicted molar refractivity (Wildman–Crippen MR) is 81.7 cm³/mol. The van der Waals surface area contributed by atoms with Gasteiger partial charge in [-0.2, -0.15) is 0 Å². The van der Waals surface area contributed by atoms with Crippen LogP contribution in [0.3, 0.4) is 0 Å². The van der Waals surface area contributed by atoms with Crippen LogP contribution >= 0.6 is 7.15 Å². The lowest BCUT2D eigenvalue weighted by atomic mass is 10.3. The second-order valence-corrected chi connectivity index (χ2v) is 5.62. The number of rotatable bonds is 6. The predicted octanol–water partition coefficient (Wildman–Crippen LogP) is 3.73. The molecule has 0 atom stereocenters. The van der Waals surface area contributed by atoms with Crippen molar-refractivity contribution in [2.45, 2.75) is 0 Å². The first kappa shape index (κ1) is 15.7. The van der Waals surface area contributed by atoms with Crippen molar-refractivity contribution in [2.24, 2.45) is 0 Å². The number of non-ortho nitro benzene ring substituents is 2. The highest BCUT2D eigenvalue weighted by molar-refractivity contribution is 8.01. The van der Waals surface area contributed by atoms with Crippen LogP contribution in [0.25, 0.3) is 0 Å². The molecule has 0 N–H and O–H groups in total. The van der Waals surface area contributed by atoms with Gasteiger partial charge in [-0.1, -0.05) is 12.1 Å². The molecular weight excluding hydrogens is 331 g/mol. The van der Waals surface area contributed by atoms with Crippen LogP contribution in [0.15, 0.2) is 48.5 Å². The van der Waals surface area contributed by atoms with E-state index in [-0.39, 0.29) is 22.9 Å². The van der Waals surface area contributed by atoms with E-state index in [1.54, 1.807) is 0 Å². The van der Waals surface area contributed by atoms with Gasteiger partial charge in [-0.3, -0.25) is 20.2 Å². The van der Waals surface area contributed by atoms with Gasteiger partial charge in [-0.25, -0.2) is 9.05 Å². The van der Waals surface area contributed by atoms with Crippen molar-refractivity contribution in [3.05, 3.63) is 68.8 Å². The van der Waals surface area contributed by atoms with Crippen molar-refractivity contribution in [2.75, 3.05) is 0 Å². The minimum Gasteiger partial charge on any atom is -0.258 e. The van der Waals surface area contributed by atoms with Gasteiger partial charge in [0.05, 0.1) is 22.0 Å². The molecule has 0 saturated heterocycles. The summed E-state index contributed by atoms with van der Waals surface area (Å²) >= 11 is 5.00. The summed E-state index contributed by atoms with van der Waals surface area (Å²) in [6.07, 6.45) is 0. The highest BCUT2D eigenvalue weighted by atomic mass is 32.4. The third kappa shape index (κ3) is 4.18. The molecule has 2 rings (SSSR count). The van der Waals surface area contributed by atoms with Crippen molar-refractivity contribution in [3.63, 3.8) is 0 Å². The third-order valence-corrected chi connectivity index (χ3v) is 3.58. The fraction of sp³-hybridized carbons (Fsp3) is 0. The van der Waals surface area contributed by atoms with E-state index in [2.05, 4.69) is 0 Å². The average Bonchev–Trinajstić information content (AvgIpc) is 2.47. The van der Waals surface area contributed by atoms with Gasteiger partial charge in [0.15, 0.2) is 11.5 Å². The van der Waals surface area contributed by atoms with Crippen molar-refractivity contribution >= 4 is 30.3 Å². The maximum absolute atomic E-state index is 10.7. The number of nitro benzene ring substituents is 2. The summed E-state index contributed by atoms with van der Waals surface area (Å²) in [6, 6.07) is 11.0. The van der Waals surface area contributed by atoms with Crippen LogP contribution in [0.5, 0.6) is 11.5 Å². The Morgan fingerprint density at radius 3 is 1.64 bits per heavy atom. The van der Waals surface area contributed by atoms with Crippen molar-refractivity contribution in [1.29, 1.82) is 0 Å². The summed E-state index contributed by atoms with van der Waals surface area (Å²) < 4.78 is 10.6. The number of benzene rings is 2. The standard InChI is InChI=1S/C12H8N2O6PS/c15-13(16)9-3-1-5-11(7-9)19-21(22)20-12-6-2-4-10(8-12)14(17)18/h1-8H/q+1. The lowest BCUT2D eigenvalue weighted by Gasteiger charge is -1.97. The fourth-order valence-electron chi connectivity index (χ4n) is 1.50. The highest BCUT2D eigenvalue weighted by Crippen LogP contribution is 2.33. The zero-order chi connectivity index (χ0) is 16.1. The second-order valence-electron chi connectivity index (χ2n) is 3.92. The topological polar surface area (TPSA) is 105 Å². The average molecular weight is 339 g/mol. The van der Waals surface area contributed by atoms with E-state index < -0.39 is 17.0 Å². The van der Waals surface area contributed by atoms with Gasteiger partial charge in [0.25, 0.3) is 23.2 Å². The van der Waals surface area contributed by atoms with Gasteiger partial charge in [-0.05, 0) is 12.1 Å². The summed E-state index contributed by atoms with van der Waals surface area (Å²) in [5, 5.41) is 21.3. The maximum atomic E-state index is 10.7. The lowest BCUT2D eigenvalue weighted by Crippen LogP contribution is -1.92. The Hall–Kier alpha value is -2.64. The Balaban J connectivity index is 2.07. The molecule has 8 nitrogen and oxygen atoms in total. The van der Waals surface area contributed by atoms with E-state index in [1.165, 1.54) is 48.5 Å². The van der Waals surface area contributed by atoms with Crippen LogP contribution in [0.2, 0.25) is 0 Å². The molecule has 0 aliphatic carbocycles. The number of hydrogen-bond acceptors (Lipinski definition) is 7. The quantitative estimate of drug-likeness (QED) is 0.448. The molecule has 2 aromatic carbocycles. The number of nitro groups is 2. The van der Waals surface area contributed by atoms with E-state index in [0.717, 1.165) is 0 Å². The molecule has 22 heavy (non-hydrogen) atoms. The molecule has 0 bridgehead atoms. The smallest absolute Gasteiger partial charge is 0.258 e. The Bertz CT molecular complexity index is 692. The van der Waals surface area contributed by atoms with Crippen molar-refractivity contribution in [1.82, 2.24) is 0 Å². The first-order valence-corrected chi connectivity index (χ1v) is 7.97. The van der Waals surface area contributed by atoms with Gasteiger partial charge in [-0.15, -0.1) is 0 Å². The van der Waals surface area contributed by atoms with Crippen LogP contribution < -0.4 is 9.05 Å². The minimum absolute atomic E-state index is 0.133. The summed E-state index contributed by atoms with van der Waals surface area (Å²) in [5.74, 6) is 0.390. The lowest BCUT2D eigenvalue weighted by molar-refractivity contribution is -0.385. The molecule has 0 spiro atoms. The van der Waals surface area contributed by atoms with Crippen LogP contribution in [-0.2, 0) is 11.8 Å². The monoisotopic (exact) mass is 339 g/mol. The van der Waals surface area contributed by atoms with E-state index >= 15 is 0 Å². The Morgan fingerprint density at radius 1 is 0.864 bits per heavy atom. The number of nitrogens with zero attached hydrogens (tertiary/aromatic N) is 2. The second kappa shape index (κ2) is 6.88. The van der Waals surface area contributed by atoms with E-state index in [1.807, 2.05) is 0 Å². The van der Waals surface area contributed by atoms with E-state index in [4.69, 9.17) is 20.9 Å². The van der Waals surface area contributed by atoms with Crippen molar-refractivity contribution in [3.8, 4) is 11.5 Å². The molecule has 0 heterocycles. The van der Waals surface area contributed by atoms with Crippen molar-refractivity contribution < 1.29 is 18.9 Å². The van der Waals surface area contributed by atoms with Gasteiger partial charge in [0.2, 0.25) is 0 Å². The Kier molecular flexibility index (Phi) is 4.92. The molecule has 0 saturated carbocycles. The van der Waals surface area contributed by atoms with Gasteiger partial charge in [0, 0.05) is 12.1 Å². The van der Waals surface area contributed by atoms with Crippen LogP contribution in [0.1, 0.15) is 0 Å². The molecule has 0 amide bonds. The molecule has 10 heteroatoms. The van der Waals surface area contributed by atoms with Gasteiger partial charge in [0.1, 0.15) is 0 Å². The molecule has 0 fully saturated rings. The molecule has 0 radical (unpaired) electrons. The Morgan fingerprint density at radius 2 is 1.27 bits per heavy atom. The first-order chi connectivity index (χ1) is 10.5. The minimum atomic E-state index is -1.86. The zero-order valence-electron chi connectivity index (χ0n) is 10.8. The van der Waals surface area contributed by atoms with Crippen LogP contribution in [-0.4, -0.2) is 9.85 Å². The van der Waals surface area contributed by atoms with Crippen LogP contribution in [0.4, 0.5) is 11.4 Å². The fourth-order valence-corrected chi connectivity index (χ4v) is 2.62. The van der Waals surface area contributed by atoms with E-state index in [0.29, 0.717) is 0 Å². The third-order valence-electron chi connectivity index (χ3n) is 2.42. The molecular formula is C12H8N2O6PS+. The normalized spacial score (nSPS) is 9.82. The molecule has 0 unspecified atom stereocenters. The van der Waals surface area contributed by atoms with E-state index in [9.17, 15) is 20.2 Å². The summed E-state index contributed by atoms with van der Waals surface area (Å²) in [4.78, 5) is 20.2. The molecule has 0 aliphatic rings. The summed E-state index contributed by atoms with van der Waals surface area (Å²) in [6.45, 7) is 0. The molecule has 2 aromatic rings. The SMILES string of the molecule is O=[N+]([O-])c1cccc(O[P+](=S)Oc2cccc([N+](=O)[O-])c2)c1. The Labute approximate surface area is 130 Å². The largest absolute Gasteiger partial charge is 0.626 e. The zero-order valence-corrected chi connectivity index (χ0v) is 12.5. The summed E-state index contributed by atoms with van der Waals surface area (Å²) in [5.41, 5.74) is -0.266.